The standard InChI is InChI=1S/C27H44N2O/c1-27-16-15-23-22-12-10-21(30-2)19-20(22)9-11-24(23)25(27)13-14-26(27)29-18-8-6-4-3-5-7-17-28/h10,12,19,23-26,29H,3-9,11,13-18,28H2,1-2H3/t23-,24-,25+,26?,27+/m1/s1. The van der Waals surface area contributed by atoms with Crippen molar-refractivity contribution in [1.82, 2.24) is 5.32 Å². The maximum atomic E-state index is 5.59. The van der Waals surface area contributed by atoms with Gasteiger partial charge in [0.2, 0.25) is 0 Å². The van der Waals surface area contributed by atoms with Gasteiger partial charge in [0.05, 0.1) is 7.11 Å². The lowest BCUT2D eigenvalue weighted by Gasteiger charge is -2.51. The number of aryl methyl sites for hydroxylation is 1. The molecule has 3 nitrogen and oxygen atoms in total. The highest BCUT2D eigenvalue weighted by Crippen LogP contribution is 2.60. The summed E-state index contributed by atoms with van der Waals surface area (Å²) in [5.74, 6) is 3.60. The highest BCUT2D eigenvalue weighted by molar-refractivity contribution is 5.40. The van der Waals surface area contributed by atoms with Gasteiger partial charge in [-0.2, -0.15) is 0 Å². The van der Waals surface area contributed by atoms with Crippen molar-refractivity contribution in [2.24, 2.45) is 23.0 Å². The quantitative estimate of drug-likeness (QED) is 0.477. The summed E-state index contributed by atoms with van der Waals surface area (Å²) >= 11 is 0. The maximum Gasteiger partial charge on any atom is 0.119 e. The third-order valence-electron chi connectivity index (χ3n) is 8.96. The Morgan fingerprint density at radius 3 is 2.63 bits per heavy atom. The van der Waals surface area contributed by atoms with Crippen molar-refractivity contribution < 1.29 is 4.74 Å². The molecule has 0 spiro atoms. The van der Waals surface area contributed by atoms with E-state index < -0.39 is 0 Å². The highest BCUT2D eigenvalue weighted by atomic mass is 16.5. The molecule has 2 saturated carbocycles. The number of ether oxygens (including phenoxy) is 1. The number of hydrogen-bond acceptors (Lipinski definition) is 3. The van der Waals surface area contributed by atoms with Crippen LogP contribution < -0.4 is 15.8 Å². The molecule has 4 rings (SSSR count). The van der Waals surface area contributed by atoms with Gasteiger partial charge in [-0.25, -0.2) is 0 Å². The lowest BCUT2D eigenvalue weighted by molar-refractivity contribution is 0.0412. The van der Waals surface area contributed by atoms with Crippen LogP contribution in [0.15, 0.2) is 18.2 Å². The van der Waals surface area contributed by atoms with Crippen LogP contribution in [-0.2, 0) is 6.42 Å². The molecule has 0 bridgehead atoms. The number of hydrogen-bond donors (Lipinski definition) is 2. The van der Waals surface area contributed by atoms with Gasteiger partial charge in [0.25, 0.3) is 0 Å². The molecule has 0 radical (unpaired) electrons. The van der Waals surface area contributed by atoms with Gasteiger partial charge in [0.15, 0.2) is 0 Å². The zero-order valence-corrected chi connectivity index (χ0v) is 19.4. The summed E-state index contributed by atoms with van der Waals surface area (Å²) in [6.45, 7) is 4.68. The Balaban J connectivity index is 1.30. The first kappa shape index (κ1) is 22.1. The van der Waals surface area contributed by atoms with Crippen LogP contribution in [0.5, 0.6) is 5.75 Å². The number of fused-ring (bicyclic) bond motifs is 5. The molecule has 168 valence electrons. The number of nitrogens with one attached hydrogen (secondary N) is 1. The Morgan fingerprint density at radius 1 is 1.03 bits per heavy atom. The molecule has 3 heteroatoms. The summed E-state index contributed by atoms with van der Waals surface area (Å²) in [6.07, 6.45) is 16.1. The lowest BCUT2D eigenvalue weighted by atomic mass is 9.55. The van der Waals surface area contributed by atoms with E-state index in [0.29, 0.717) is 5.41 Å². The molecule has 1 aromatic carbocycles. The van der Waals surface area contributed by atoms with Gasteiger partial charge in [-0.15, -0.1) is 0 Å². The highest BCUT2D eigenvalue weighted by Gasteiger charge is 2.54. The minimum absolute atomic E-state index is 0.506. The van der Waals surface area contributed by atoms with E-state index in [0.717, 1.165) is 36.1 Å². The van der Waals surface area contributed by atoms with Crippen LogP contribution in [0.2, 0.25) is 0 Å². The molecule has 0 saturated heterocycles. The average Bonchev–Trinajstić information content (AvgIpc) is 3.11. The first-order valence-corrected chi connectivity index (χ1v) is 12.8. The Kier molecular flexibility index (Phi) is 7.41. The van der Waals surface area contributed by atoms with Crippen molar-refractivity contribution in [3.63, 3.8) is 0 Å². The van der Waals surface area contributed by atoms with Crippen molar-refractivity contribution in [1.29, 1.82) is 0 Å². The fraction of sp³-hybridized carbons (Fsp3) is 0.778. The minimum atomic E-state index is 0.506. The van der Waals surface area contributed by atoms with Crippen molar-refractivity contribution >= 4 is 0 Å². The molecule has 1 aromatic rings. The molecule has 3 N–H and O–H groups in total. The fourth-order valence-corrected chi connectivity index (χ4v) is 7.27. The lowest BCUT2D eigenvalue weighted by Crippen LogP contribution is -2.48. The Labute approximate surface area is 184 Å². The van der Waals surface area contributed by atoms with Gasteiger partial charge in [-0.3, -0.25) is 0 Å². The molecule has 0 amide bonds. The summed E-state index contributed by atoms with van der Waals surface area (Å²) in [5, 5.41) is 4.02. The Morgan fingerprint density at radius 2 is 1.83 bits per heavy atom. The summed E-state index contributed by atoms with van der Waals surface area (Å²) in [5.41, 5.74) is 9.29. The van der Waals surface area contributed by atoms with Crippen molar-refractivity contribution in [2.75, 3.05) is 20.2 Å². The van der Waals surface area contributed by atoms with Gasteiger partial charge >= 0.3 is 0 Å². The largest absolute Gasteiger partial charge is 0.497 e. The second-order valence-electron chi connectivity index (χ2n) is 10.5. The van der Waals surface area contributed by atoms with Crippen LogP contribution in [0.4, 0.5) is 0 Å². The maximum absolute atomic E-state index is 5.59. The van der Waals surface area contributed by atoms with E-state index >= 15 is 0 Å². The smallest absolute Gasteiger partial charge is 0.119 e. The number of nitrogens with two attached hydrogens (primary N) is 1. The van der Waals surface area contributed by atoms with Crippen molar-refractivity contribution in [3.8, 4) is 5.75 Å². The van der Waals surface area contributed by atoms with Gasteiger partial charge in [0.1, 0.15) is 5.75 Å². The van der Waals surface area contributed by atoms with Crippen molar-refractivity contribution in [2.45, 2.75) is 95.9 Å². The van der Waals surface area contributed by atoms with Crippen LogP contribution in [0, 0.1) is 17.3 Å². The Hall–Kier alpha value is -1.06. The van der Waals surface area contributed by atoms with E-state index in [1.165, 1.54) is 83.6 Å². The summed E-state index contributed by atoms with van der Waals surface area (Å²) in [6, 6.07) is 7.60. The molecule has 0 aromatic heterocycles. The number of methoxy groups -OCH3 is 1. The molecular formula is C27H44N2O. The number of unbranched alkanes of at least 4 members (excludes halogenated alkanes) is 5. The van der Waals surface area contributed by atoms with E-state index in [9.17, 15) is 0 Å². The second kappa shape index (κ2) is 10.0. The summed E-state index contributed by atoms with van der Waals surface area (Å²) in [4.78, 5) is 0. The second-order valence-corrected chi connectivity index (χ2v) is 10.5. The van der Waals surface area contributed by atoms with Crippen LogP contribution in [0.25, 0.3) is 0 Å². The zero-order valence-electron chi connectivity index (χ0n) is 19.4. The molecule has 0 heterocycles. The molecule has 30 heavy (non-hydrogen) atoms. The van der Waals surface area contributed by atoms with E-state index in [-0.39, 0.29) is 0 Å². The molecule has 5 atom stereocenters. The van der Waals surface area contributed by atoms with Gasteiger partial charge < -0.3 is 15.8 Å². The van der Waals surface area contributed by atoms with E-state index in [4.69, 9.17) is 10.5 Å². The SMILES string of the molecule is COc1ccc2c(c1)CC[C@@H]1[C@@H]2CC[C@]2(C)C(NCCCCCCCCN)CC[C@@H]12. The molecule has 3 aliphatic carbocycles. The van der Waals surface area contributed by atoms with Crippen LogP contribution in [0.3, 0.4) is 0 Å². The first-order chi connectivity index (χ1) is 14.7. The molecule has 2 fully saturated rings. The average molecular weight is 413 g/mol. The summed E-state index contributed by atoms with van der Waals surface area (Å²) < 4.78 is 5.48. The van der Waals surface area contributed by atoms with Crippen LogP contribution in [-0.4, -0.2) is 26.2 Å². The number of benzene rings is 1. The third kappa shape index (κ3) is 4.43. The van der Waals surface area contributed by atoms with E-state index in [1.807, 2.05) is 0 Å². The van der Waals surface area contributed by atoms with Gasteiger partial charge in [-0.05, 0) is 111 Å². The fourth-order valence-electron chi connectivity index (χ4n) is 7.27. The predicted molar refractivity (Wildman–Crippen MR) is 126 cm³/mol. The molecule has 3 aliphatic rings. The molecule has 0 aliphatic heterocycles. The van der Waals surface area contributed by atoms with Crippen LogP contribution in [0.1, 0.15) is 94.6 Å². The predicted octanol–water partition coefficient (Wildman–Crippen LogP) is 5.81. The van der Waals surface area contributed by atoms with Crippen molar-refractivity contribution in [3.05, 3.63) is 29.3 Å². The zero-order chi connectivity index (χ0) is 21.0. The Bertz CT molecular complexity index is 689. The minimum Gasteiger partial charge on any atom is -0.497 e. The van der Waals surface area contributed by atoms with Crippen LogP contribution >= 0.6 is 0 Å². The normalized spacial score (nSPS) is 32.4. The van der Waals surface area contributed by atoms with E-state index in [2.05, 4.69) is 30.4 Å². The summed E-state index contributed by atoms with van der Waals surface area (Å²) in [7, 11) is 1.78. The first-order valence-electron chi connectivity index (χ1n) is 12.8. The topological polar surface area (TPSA) is 47.3 Å². The van der Waals surface area contributed by atoms with Gasteiger partial charge in [0, 0.05) is 6.04 Å². The molecule has 1 unspecified atom stereocenters. The van der Waals surface area contributed by atoms with E-state index in [1.54, 1.807) is 18.2 Å². The third-order valence-corrected chi connectivity index (χ3v) is 8.96. The number of rotatable bonds is 10. The van der Waals surface area contributed by atoms with Gasteiger partial charge in [-0.1, -0.05) is 38.7 Å². The monoisotopic (exact) mass is 412 g/mol. The molecular weight excluding hydrogens is 368 g/mol.